The van der Waals surface area contributed by atoms with Gasteiger partial charge in [0.25, 0.3) is 5.69 Å². The fourth-order valence-electron chi connectivity index (χ4n) is 2.13. The summed E-state index contributed by atoms with van der Waals surface area (Å²) in [5.74, 6) is -1.60. The van der Waals surface area contributed by atoms with Crippen molar-refractivity contribution in [2.45, 2.75) is 0 Å². The maximum Gasteiger partial charge on any atom is 0.354 e. The molecular formula is C18H17N3O6. The summed E-state index contributed by atoms with van der Waals surface area (Å²) in [6.07, 6.45) is 0.897. The molecule has 2 N–H and O–H groups in total. The lowest BCUT2D eigenvalue weighted by Gasteiger charge is -2.11. The van der Waals surface area contributed by atoms with Crippen LogP contribution in [0.2, 0.25) is 0 Å². The summed E-state index contributed by atoms with van der Waals surface area (Å²) in [6.45, 7) is 0. The highest BCUT2D eigenvalue weighted by molar-refractivity contribution is 5.98. The van der Waals surface area contributed by atoms with Crippen molar-refractivity contribution >= 4 is 34.7 Å². The highest BCUT2D eigenvalue weighted by atomic mass is 16.6. The van der Waals surface area contributed by atoms with Crippen LogP contribution in [0, 0.1) is 10.1 Å². The minimum atomic E-state index is -0.824. The lowest BCUT2D eigenvalue weighted by atomic mass is 10.2. The molecule has 0 atom stereocenters. The van der Waals surface area contributed by atoms with Gasteiger partial charge in [0, 0.05) is 17.4 Å². The summed E-state index contributed by atoms with van der Waals surface area (Å²) in [5, 5.41) is 17.0. The Balaban J connectivity index is 2.33. The van der Waals surface area contributed by atoms with E-state index in [1.165, 1.54) is 18.2 Å². The molecule has 0 spiro atoms. The summed E-state index contributed by atoms with van der Waals surface area (Å²) in [5.41, 5.74) is 0.741. The van der Waals surface area contributed by atoms with Gasteiger partial charge in [0.05, 0.1) is 25.2 Å². The maximum absolute atomic E-state index is 11.8. The van der Waals surface area contributed by atoms with Gasteiger partial charge < -0.3 is 20.1 Å². The monoisotopic (exact) mass is 371 g/mol. The molecule has 2 rings (SSSR count). The van der Waals surface area contributed by atoms with Crippen LogP contribution in [0.25, 0.3) is 0 Å². The molecule has 140 valence electrons. The Kier molecular flexibility index (Phi) is 6.48. The Bertz CT molecular complexity index is 880. The smallest absolute Gasteiger partial charge is 0.354 e. The van der Waals surface area contributed by atoms with E-state index >= 15 is 0 Å². The molecule has 0 fully saturated rings. The number of esters is 2. The molecule has 0 amide bonds. The third-order valence-electron chi connectivity index (χ3n) is 3.39. The molecule has 2 aromatic carbocycles. The van der Waals surface area contributed by atoms with E-state index in [-0.39, 0.29) is 22.8 Å². The number of para-hydroxylation sites is 1. The van der Waals surface area contributed by atoms with Crippen molar-refractivity contribution in [3.05, 3.63) is 70.4 Å². The number of anilines is 3. The number of nitrogens with one attached hydrogen (secondary N) is 2. The molecule has 9 nitrogen and oxygen atoms in total. The van der Waals surface area contributed by atoms with E-state index < -0.39 is 16.9 Å². The third-order valence-corrected chi connectivity index (χ3v) is 3.39. The predicted molar refractivity (Wildman–Crippen MR) is 98.6 cm³/mol. The molecule has 27 heavy (non-hydrogen) atoms. The second-order valence-electron chi connectivity index (χ2n) is 5.18. The predicted octanol–water partition coefficient (Wildman–Crippen LogP) is 2.98. The number of ether oxygens (including phenoxy) is 2. The molecule has 2 aromatic rings. The van der Waals surface area contributed by atoms with Crippen LogP contribution in [0.5, 0.6) is 0 Å². The van der Waals surface area contributed by atoms with Gasteiger partial charge in [-0.15, -0.1) is 0 Å². The van der Waals surface area contributed by atoms with E-state index in [9.17, 15) is 19.7 Å². The zero-order valence-electron chi connectivity index (χ0n) is 14.6. The molecule has 0 saturated carbocycles. The summed E-state index contributed by atoms with van der Waals surface area (Å²) in [6, 6.07) is 13.2. The number of hydrogen-bond acceptors (Lipinski definition) is 8. The molecule has 0 heterocycles. The van der Waals surface area contributed by atoms with E-state index in [2.05, 4.69) is 20.1 Å². The molecule has 9 heteroatoms. The summed E-state index contributed by atoms with van der Waals surface area (Å²) < 4.78 is 9.07. The van der Waals surface area contributed by atoms with Gasteiger partial charge in [-0.1, -0.05) is 18.2 Å². The number of carbonyl (C=O) groups excluding carboxylic acids is 2. The van der Waals surface area contributed by atoms with Crippen LogP contribution in [-0.4, -0.2) is 31.1 Å². The zero-order valence-corrected chi connectivity index (χ0v) is 14.6. The van der Waals surface area contributed by atoms with Crippen LogP contribution < -0.4 is 10.6 Å². The first-order valence-corrected chi connectivity index (χ1v) is 7.70. The molecule has 0 aliphatic carbocycles. The van der Waals surface area contributed by atoms with Crippen LogP contribution in [0.15, 0.2) is 60.3 Å². The Hall–Kier alpha value is -3.88. The SMILES string of the molecule is COC(=O)/C=C(/Nc1ccc(Nc2ccccc2)c([N+](=O)[O-])c1)C(=O)OC. The van der Waals surface area contributed by atoms with Crippen LogP contribution in [0.4, 0.5) is 22.7 Å². The van der Waals surface area contributed by atoms with E-state index in [1.807, 2.05) is 6.07 Å². The normalized spacial score (nSPS) is 10.7. The number of rotatable bonds is 7. The Morgan fingerprint density at radius 3 is 2.33 bits per heavy atom. The standard InChI is InChI=1S/C18H17N3O6/c1-26-17(22)11-15(18(23)27-2)20-13-8-9-14(16(10-13)21(24)25)19-12-6-4-3-5-7-12/h3-11,19-20H,1-2H3/b15-11+. The van der Waals surface area contributed by atoms with E-state index in [1.54, 1.807) is 24.3 Å². The quantitative estimate of drug-likeness (QED) is 0.330. The number of carbonyl (C=O) groups is 2. The van der Waals surface area contributed by atoms with Crippen molar-refractivity contribution in [3.8, 4) is 0 Å². The lowest BCUT2D eigenvalue weighted by molar-refractivity contribution is -0.383. The molecular weight excluding hydrogens is 354 g/mol. The average molecular weight is 371 g/mol. The molecule has 0 unspecified atom stereocenters. The molecule has 0 radical (unpaired) electrons. The Morgan fingerprint density at radius 2 is 1.74 bits per heavy atom. The first-order valence-electron chi connectivity index (χ1n) is 7.70. The van der Waals surface area contributed by atoms with Crippen LogP contribution in [-0.2, 0) is 19.1 Å². The van der Waals surface area contributed by atoms with Gasteiger partial charge in [0.15, 0.2) is 0 Å². The Morgan fingerprint density at radius 1 is 1.04 bits per heavy atom. The number of nitro benzene ring substituents is 1. The van der Waals surface area contributed by atoms with E-state index in [0.29, 0.717) is 5.69 Å². The van der Waals surface area contributed by atoms with Gasteiger partial charge >= 0.3 is 11.9 Å². The highest BCUT2D eigenvalue weighted by Crippen LogP contribution is 2.31. The van der Waals surface area contributed by atoms with Gasteiger partial charge in [-0.3, -0.25) is 10.1 Å². The van der Waals surface area contributed by atoms with Gasteiger partial charge in [0.2, 0.25) is 0 Å². The fourth-order valence-corrected chi connectivity index (χ4v) is 2.13. The molecule has 0 saturated heterocycles. The second-order valence-corrected chi connectivity index (χ2v) is 5.18. The minimum absolute atomic E-state index is 0.217. The molecule has 0 aromatic heterocycles. The number of methoxy groups -OCH3 is 2. The topological polar surface area (TPSA) is 120 Å². The van der Waals surface area contributed by atoms with Crippen LogP contribution in [0.3, 0.4) is 0 Å². The second kappa shape index (κ2) is 8.99. The number of nitrogens with zero attached hydrogens (tertiary/aromatic N) is 1. The maximum atomic E-state index is 11.8. The van der Waals surface area contributed by atoms with Crippen molar-refractivity contribution in [3.63, 3.8) is 0 Å². The number of benzene rings is 2. The average Bonchev–Trinajstić information content (AvgIpc) is 2.68. The summed E-state index contributed by atoms with van der Waals surface area (Å²) in [7, 11) is 2.30. The van der Waals surface area contributed by atoms with Gasteiger partial charge in [-0.25, -0.2) is 9.59 Å². The van der Waals surface area contributed by atoms with Crippen molar-refractivity contribution in [1.29, 1.82) is 0 Å². The van der Waals surface area contributed by atoms with Crippen LogP contribution in [0.1, 0.15) is 0 Å². The van der Waals surface area contributed by atoms with Gasteiger partial charge in [-0.05, 0) is 24.3 Å². The van der Waals surface area contributed by atoms with Gasteiger partial charge in [0.1, 0.15) is 11.4 Å². The Labute approximate surface area is 154 Å². The third kappa shape index (κ3) is 5.30. The minimum Gasteiger partial charge on any atom is -0.466 e. The van der Waals surface area contributed by atoms with Crippen molar-refractivity contribution < 1.29 is 24.0 Å². The van der Waals surface area contributed by atoms with Crippen molar-refractivity contribution in [1.82, 2.24) is 0 Å². The van der Waals surface area contributed by atoms with Crippen molar-refractivity contribution in [2.24, 2.45) is 0 Å². The molecule has 0 aliphatic rings. The summed E-state index contributed by atoms with van der Waals surface area (Å²) >= 11 is 0. The first-order chi connectivity index (χ1) is 12.9. The number of nitro groups is 1. The largest absolute Gasteiger partial charge is 0.466 e. The van der Waals surface area contributed by atoms with Gasteiger partial charge in [-0.2, -0.15) is 0 Å². The van der Waals surface area contributed by atoms with E-state index in [4.69, 9.17) is 0 Å². The number of hydrogen-bond donors (Lipinski definition) is 2. The first kappa shape index (κ1) is 19.4. The highest BCUT2D eigenvalue weighted by Gasteiger charge is 2.18. The molecule has 0 aliphatic heterocycles. The zero-order chi connectivity index (χ0) is 19.8. The lowest BCUT2D eigenvalue weighted by Crippen LogP contribution is -2.15. The fraction of sp³-hybridized carbons (Fsp3) is 0.111. The summed E-state index contributed by atoms with van der Waals surface area (Å²) in [4.78, 5) is 34.1. The van der Waals surface area contributed by atoms with Crippen LogP contribution >= 0.6 is 0 Å². The molecule has 0 bridgehead atoms. The van der Waals surface area contributed by atoms with Crippen molar-refractivity contribution in [2.75, 3.05) is 24.9 Å². The van der Waals surface area contributed by atoms with E-state index in [0.717, 1.165) is 20.3 Å².